The van der Waals surface area contributed by atoms with Crippen LogP contribution >= 0.6 is 0 Å². The van der Waals surface area contributed by atoms with Gasteiger partial charge in [-0.3, -0.25) is 0 Å². The monoisotopic (exact) mass is 543 g/mol. The molecule has 1 aliphatic heterocycles. The smallest absolute Gasteiger partial charge is 0.416 e. The van der Waals surface area contributed by atoms with Crippen LogP contribution < -0.4 is 4.74 Å². The zero-order chi connectivity index (χ0) is 25.9. The van der Waals surface area contributed by atoms with E-state index in [1.54, 1.807) is 30.5 Å². The molecule has 2 fully saturated rings. The molecule has 2 aliphatic rings. The fourth-order valence-corrected chi connectivity index (χ4v) is 7.25. The lowest BCUT2D eigenvalue weighted by Crippen LogP contribution is -2.43. The zero-order valence-electron chi connectivity index (χ0n) is 20.2. The standard InChI is InChI=1S/C25H25N3O7S2/c1-15-10-21-23-20(16-4-3-5-19(11-16)36(29,30)18-6-7-18)8-9-22(24(23)27-25(21)26-12-15)33-14-17-13-28(2)35-37(31,32)34-17/h3-5,8-12,17-18H,6-7,13-14H2,1-2H3,(H,26,27)/t17-/m0/s1. The van der Waals surface area contributed by atoms with Crippen molar-refractivity contribution in [1.82, 2.24) is 15.0 Å². The quantitative estimate of drug-likeness (QED) is 0.388. The molecule has 3 heterocycles. The second kappa shape index (κ2) is 8.77. The number of hydrogen-bond acceptors (Lipinski definition) is 9. The molecule has 0 spiro atoms. The maximum Gasteiger partial charge on any atom is 0.416 e. The fourth-order valence-electron chi connectivity index (χ4n) is 4.69. The highest BCUT2D eigenvalue weighted by Gasteiger charge is 2.37. The number of aryl methyl sites for hydroxylation is 1. The Morgan fingerprint density at radius 2 is 2.00 bits per heavy atom. The maximum atomic E-state index is 12.9. The van der Waals surface area contributed by atoms with Crippen molar-refractivity contribution in [3.05, 3.63) is 54.2 Å². The van der Waals surface area contributed by atoms with Gasteiger partial charge in [-0.05, 0) is 66.8 Å². The predicted molar refractivity (Wildman–Crippen MR) is 137 cm³/mol. The summed E-state index contributed by atoms with van der Waals surface area (Å²) >= 11 is 0. The highest BCUT2D eigenvalue weighted by atomic mass is 32.3. The number of nitrogens with zero attached hydrogens (tertiary/aromatic N) is 2. The molecule has 1 saturated heterocycles. The van der Waals surface area contributed by atoms with Crippen molar-refractivity contribution >= 4 is 42.2 Å². The van der Waals surface area contributed by atoms with Gasteiger partial charge in [0.2, 0.25) is 0 Å². The highest BCUT2D eigenvalue weighted by molar-refractivity contribution is 7.92. The number of benzene rings is 2. The van der Waals surface area contributed by atoms with Gasteiger partial charge in [-0.15, -0.1) is 0 Å². The molecule has 0 radical (unpaired) electrons. The number of likely N-dealkylation sites (N-methyl/N-ethyl adjacent to an activating group) is 1. The minimum absolute atomic E-state index is 0.0294. The molecular weight excluding hydrogens is 518 g/mol. The Bertz CT molecular complexity index is 1750. The van der Waals surface area contributed by atoms with Crippen LogP contribution in [0.15, 0.2) is 53.6 Å². The van der Waals surface area contributed by atoms with Crippen LogP contribution in [0.4, 0.5) is 0 Å². The minimum atomic E-state index is -4.13. The first-order valence-corrected chi connectivity index (χ1v) is 14.7. The van der Waals surface area contributed by atoms with Gasteiger partial charge in [-0.2, -0.15) is 17.8 Å². The number of ether oxygens (including phenoxy) is 1. The van der Waals surface area contributed by atoms with Gasteiger partial charge < -0.3 is 9.72 Å². The van der Waals surface area contributed by atoms with Gasteiger partial charge in [0.15, 0.2) is 9.84 Å². The number of sulfone groups is 1. The molecule has 1 saturated carbocycles. The van der Waals surface area contributed by atoms with Crippen molar-refractivity contribution in [2.24, 2.45) is 0 Å². The number of aromatic nitrogens is 2. The molecule has 0 bridgehead atoms. The summed E-state index contributed by atoms with van der Waals surface area (Å²) in [6.07, 6.45) is 2.40. The Morgan fingerprint density at radius 3 is 2.76 bits per heavy atom. The van der Waals surface area contributed by atoms with Gasteiger partial charge in [0.05, 0.1) is 22.2 Å². The van der Waals surface area contributed by atoms with Crippen molar-refractivity contribution < 1.29 is 30.0 Å². The summed E-state index contributed by atoms with van der Waals surface area (Å²) in [6, 6.07) is 12.7. The van der Waals surface area contributed by atoms with Crippen molar-refractivity contribution in [1.29, 1.82) is 0 Å². The molecule has 1 N–H and O–H groups in total. The number of nitrogens with one attached hydrogen (secondary N) is 1. The summed E-state index contributed by atoms with van der Waals surface area (Å²) in [7, 11) is -5.98. The molecule has 12 heteroatoms. The van der Waals surface area contributed by atoms with Gasteiger partial charge in [0.25, 0.3) is 0 Å². The van der Waals surface area contributed by atoms with E-state index in [4.69, 9.17) is 8.92 Å². The van der Waals surface area contributed by atoms with Gasteiger partial charge in [0.1, 0.15) is 24.1 Å². The number of hydrogen-bond donors (Lipinski definition) is 1. The van der Waals surface area contributed by atoms with Crippen LogP contribution in [-0.2, 0) is 28.7 Å². The number of aromatic amines is 1. The van der Waals surface area contributed by atoms with Crippen molar-refractivity contribution in [2.75, 3.05) is 20.2 Å². The summed E-state index contributed by atoms with van der Waals surface area (Å²) < 4.78 is 65.1. The molecule has 37 heavy (non-hydrogen) atoms. The van der Waals surface area contributed by atoms with E-state index in [-0.39, 0.29) is 18.4 Å². The number of rotatable bonds is 6. The topological polar surface area (TPSA) is 128 Å². The van der Waals surface area contributed by atoms with Crippen LogP contribution in [0.3, 0.4) is 0 Å². The fraction of sp³-hybridized carbons (Fsp3) is 0.320. The zero-order valence-corrected chi connectivity index (χ0v) is 21.8. The van der Waals surface area contributed by atoms with E-state index < -0.39 is 26.3 Å². The first-order valence-electron chi connectivity index (χ1n) is 11.8. The molecule has 2 aromatic heterocycles. The number of H-pyrrole nitrogens is 1. The van der Waals surface area contributed by atoms with Crippen LogP contribution in [0.25, 0.3) is 33.1 Å². The first-order chi connectivity index (χ1) is 17.6. The molecule has 2 aromatic carbocycles. The average molecular weight is 544 g/mol. The molecule has 6 rings (SSSR count). The van der Waals surface area contributed by atoms with Crippen molar-refractivity contribution in [3.8, 4) is 16.9 Å². The Morgan fingerprint density at radius 1 is 1.19 bits per heavy atom. The van der Waals surface area contributed by atoms with Gasteiger partial charge >= 0.3 is 10.4 Å². The Hall–Kier alpha value is -3.03. The summed E-state index contributed by atoms with van der Waals surface area (Å²) in [5.41, 5.74) is 3.90. The van der Waals surface area contributed by atoms with Gasteiger partial charge in [0, 0.05) is 24.0 Å². The Kier molecular flexibility index (Phi) is 5.77. The Labute approximate surface area is 214 Å². The lowest BCUT2D eigenvalue weighted by molar-refractivity contribution is -0.106. The van der Waals surface area contributed by atoms with Gasteiger partial charge in [-0.25, -0.2) is 17.6 Å². The van der Waals surface area contributed by atoms with E-state index in [0.29, 0.717) is 34.7 Å². The average Bonchev–Trinajstić information content (AvgIpc) is 3.64. The molecular formula is C25H25N3O7S2. The summed E-state index contributed by atoms with van der Waals surface area (Å²) in [5.74, 6) is 0.492. The molecule has 10 nitrogen and oxygen atoms in total. The van der Waals surface area contributed by atoms with E-state index >= 15 is 0 Å². The lowest BCUT2D eigenvalue weighted by Gasteiger charge is -2.27. The van der Waals surface area contributed by atoms with E-state index in [1.807, 2.05) is 25.1 Å². The van der Waals surface area contributed by atoms with Crippen LogP contribution in [0.5, 0.6) is 5.75 Å². The van der Waals surface area contributed by atoms with E-state index in [1.165, 1.54) is 12.1 Å². The third kappa shape index (κ3) is 4.59. The number of hydroxylamine groups is 2. The summed E-state index contributed by atoms with van der Waals surface area (Å²) in [4.78, 5) is 8.16. The van der Waals surface area contributed by atoms with E-state index in [2.05, 4.69) is 14.3 Å². The third-order valence-electron chi connectivity index (χ3n) is 6.50. The molecule has 1 aliphatic carbocycles. The Balaban J connectivity index is 1.44. The summed E-state index contributed by atoms with van der Waals surface area (Å²) in [5, 5.41) is 2.59. The maximum absolute atomic E-state index is 12.9. The van der Waals surface area contributed by atoms with Crippen LogP contribution in [-0.4, -0.2) is 63.4 Å². The van der Waals surface area contributed by atoms with Gasteiger partial charge in [-0.1, -0.05) is 12.1 Å². The molecule has 1 atom stereocenters. The lowest BCUT2D eigenvalue weighted by atomic mass is 9.99. The van der Waals surface area contributed by atoms with Crippen molar-refractivity contribution in [3.63, 3.8) is 0 Å². The third-order valence-corrected chi connectivity index (χ3v) is 9.70. The van der Waals surface area contributed by atoms with Crippen LogP contribution in [0.2, 0.25) is 0 Å². The second-order valence-corrected chi connectivity index (χ2v) is 12.9. The first kappa shape index (κ1) is 24.3. The highest BCUT2D eigenvalue weighted by Crippen LogP contribution is 2.41. The molecule has 194 valence electrons. The number of fused-ring (bicyclic) bond motifs is 3. The number of pyridine rings is 1. The SMILES string of the molecule is Cc1cnc2[nH]c3c(OC[C@@H]4CN(C)OS(=O)(=O)O4)ccc(-c4cccc(S(=O)(=O)C5CC5)c4)c3c2c1. The molecule has 0 unspecified atom stereocenters. The predicted octanol–water partition coefficient (Wildman–Crippen LogP) is 3.51. The van der Waals surface area contributed by atoms with Crippen molar-refractivity contribution in [2.45, 2.75) is 36.0 Å². The van der Waals surface area contributed by atoms with E-state index in [0.717, 1.165) is 27.5 Å². The normalized spacial score (nSPS) is 20.4. The molecule has 0 amide bonds. The molecule has 4 aromatic rings. The summed E-state index contributed by atoms with van der Waals surface area (Å²) in [6.45, 7) is 2.13. The van der Waals surface area contributed by atoms with E-state index in [9.17, 15) is 16.8 Å². The largest absolute Gasteiger partial charge is 0.489 e. The second-order valence-electron chi connectivity index (χ2n) is 9.49. The minimum Gasteiger partial charge on any atom is -0.489 e. The van der Waals surface area contributed by atoms with Crippen LogP contribution in [0.1, 0.15) is 18.4 Å². The van der Waals surface area contributed by atoms with Crippen LogP contribution in [0, 0.1) is 6.92 Å².